The topological polar surface area (TPSA) is 56.8 Å². The molecule has 19 heavy (non-hydrogen) atoms. The van der Waals surface area contributed by atoms with Gasteiger partial charge < -0.3 is 15.2 Å². The van der Waals surface area contributed by atoms with E-state index in [9.17, 15) is 0 Å². The molecular weight excluding hydrogens is 284 g/mol. The maximum absolute atomic E-state index is 6.10. The van der Waals surface area contributed by atoms with E-state index in [0.717, 1.165) is 29.8 Å². The lowest BCUT2D eigenvalue weighted by Gasteiger charge is -2.20. The second-order valence-electron chi connectivity index (χ2n) is 4.17. The van der Waals surface area contributed by atoms with Crippen molar-refractivity contribution in [3.05, 3.63) is 28.3 Å². The van der Waals surface area contributed by atoms with E-state index in [1.54, 1.807) is 0 Å². The van der Waals surface area contributed by atoms with Gasteiger partial charge in [-0.05, 0) is 18.6 Å². The lowest BCUT2D eigenvalue weighted by molar-refractivity contribution is -0.0168. The zero-order valence-corrected chi connectivity index (χ0v) is 12.4. The predicted octanol–water partition coefficient (Wildman–Crippen LogP) is 3.16. The molecule has 1 aliphatic heterocycles. The lowest BCUT2D eigenvalue weighted by atomic mass is 10.1. The van der Waals surface area contributed by atoms with E-state index in [-0.39, 0.29) is 6.79 Å². The summed E-state index contributed by atoms with van der Waals surface area (Å²) in [6.07, 6.45) is 0.994. The summed E-state index contributed by atoms with van der Waals surface area (Å²) in [7, 11) is 0. The molecule has 0 aromatic heterocycles. The van der Waals surface area contributed by atoms with Crippen LogP contribution in [0.4, 0.5) is 0 Å². The molecule has 0 aliphatic carbocycles. The first-order valence-corrected chi connectivity index (χ1v) is 7.51. The highest BCUT2D eigenvalue weighted by Crippen LogP contribution is 2.33. The van der Waals surface area contributed by atoms with Gasteiger partial charge in [0.05, 0.1) is 6.61 Å². The first kappa shape index (κ1) is 14.5. The van der Waals surface area contributed by atoms with Gasteiger partial charge in [0, 0.05) is 28.4 Å². The monoisotopic (exact) mass is 300 g/mol. The fraction of sp³-hybridized carbons (Fsp3) is 0.462. The largest absolute Gasteiger partial charge is 0.467 e. The molecule has 0 amide bonds. The Labute approximate surface area is 122 Å². The average Bonchev–Trinajstić information content (AvgIpc) is 2.42. The van der Waals surface area contributed by atoms with Crippen molar-refractivity contribution < 1.29 is 9.47 Å². The van der Waals surface area contributed by atoms with Crippen LogP contribution in [0, 0.1) is 0 Å². The number of aliphatic imine (C=N–C) groups is 1. The maximum Gasteiger partial charge on any atom is 0.189 e. The van der Waals surface area contributed by atoms with Crippen LogP contribution in [0.2, 0.25) is 5.02 Å². The second kappa shape index (κ2) is 7.03. The Hall–Kier alpha value is -0.910. The Morgan fingerprint density at radius 3 is 3.16 bits per heavy atom. The number of nitrogens with two attached hydrogens (primary N) is 1. The summed E-state index contributed by atoms with van der Waals surface area (Å²) >= 11 is 7.60. The molecular formula is C13H17ClN2O2S. The molecule has 0 saturated carbocycles. The van der Waals surface area contributed by atoms with Crippen molar-refractivity contribution in [2.45, 2.75) is 25.7 Å². The van der Waals surface area contributed by atoms with E-state index < -0.39 is 0 Å². The minimum Gasteiger partial charge on any atom is -0.467 e. The van der Waals surface area contributed by atoms with E-state index in [0.29, 0.717) is 22.6 Å². The minimum absolute atomic E-state index is 0.283. The molecule has 0 saturated heterocycles. The summed E-state index contributed by atoms with van der Waals surface area (Å²) in [5.74, 6) is 1.56. The van der Waals surface area contributed by atoms with Crippen molar-refractivity contribution in [1.82, 2.24) is 0 Å². The highest BCUT2D eigenvalue weighted by atomic mass is 35.5. The van der Waals surface area contributed by atoms with Crippen molar-refractivity contribution in [1.29, 1.82) is 0 Å². The van der Waals surface area contributed by atoms with Crippen LogP contribution >= 0.6 is 23.4 Å². The average molecular weight is 301 g/mol. The number of rotatable bonds is 4. The molecule has 1 aromatic rings. The first-order valence-electron chi connectivity index (χ1n) is 6.15. The third-order valence-electron chi connectivity index (χ3n) is 2.62. The number of fused-ring (bicyclic) bond motifs is 1. The molecule has 2 rings (SSSR count). The normalized spacial score (nSPS) is 14.9. The first-order chi connectivity index (χ1) is 9.20. The predicted molar refractivity (Wildman–Crippen MR) is 79.8 cm³/mol. The van der Waals surface area contributed by atoms with E-state index in [1.807, 2.05) is 12.1 Å². The summed E-state index contributed by atoms with van der Waals surface area (Å²) in [6, 6.07) is 3.78. The molecule has 0 radical (unpaired) electrons. The molecule has 0 unspecified atom stereocenters. The number of benzene rings is 1. The van der Waals surface area contributed by atoms with Crippen LogP contribution in [0.15, 0.2) is 17.1 Å². The van der Waals surface area contributed by atoms with Crippen molar-refractivity contribution in [3.8, 4) is 5.75 Å². The summed E-state index contributed by atoms with van der Waals surface area (Å²) in [6.45, 7) is 3.65. The van der Waals surface area contributed by atoms with Crippen LogP contribution < -0.4 is 10.5 Å². The third kappa shape index (κ3) is 4.03. The van der Waals surface area contributed by atoms with Crippen LogP contribution in [0.1, 0.15) is 24.5 Å². The smallest absolute Gasteiger partial charge is 0.189 e. The number of thioether (sulfide) groups is 1. The van der Waals surface area contributed by atoms with Gasteiger partial charge in [-0.25, -0.2) is 0 Å². The zero-order chi connectivity index (χ0) is 13.7. The van der Waals surface area contributed by atoms with Gasteiger partial charge in [0.1, 0.15) is 5.75 Å². The Bertz CT molecular complexity index is 480. The fourth-order valence-corrected chi connectivity index (χ4v) is 2.75. The van der Waals surface area contributed by atoms with Gasteiger partial charge in [0.25, 0.3) is 0 Å². The summed E-state index contributed by atoms with van der Waals surface area (Å²) in [4.78, 5) is 4.25. The van der Waals surface area contributed by atoms with Crippen molar-refractivity contribution in [2.75, 3.05) is 13.3 Å². The van der Waals surface area contributed by atoms with Gasteiger partial charge in [-0.15, -0.1) is 0 Å². The number of ether oxygens (including phenoxy) is 2. The van der Waals surface area contributed by atoms with Gasteiger partial charge >= 0.3 is 0 Å². The van der Waals surface area contributed by atoms with Gasteiger partial charge in [0.15, 0.2) is 12.0 Å². The lowest BCUT2D eigenvalue weighted by Crippen LogP contribution is -2.13. The van der Waals surface area contributed by atoms with Crippen LogP contribution in [-0.4, -0.2) is 18.5 Å². The number of hydrogen-bond acceptors (Lipinski definition) is 4. The van der Waals surface area contributed by atoms with Gasteiger partial charge in [-0.3, -0.25) is 4.99 Å². The SMILES string of the molecule is CCCN=C(N)SCc1cc(Cl)cc2c1OCOC2. The molecule has 0 spiro atoms. The van der Waals surface area contributed by atoms with Gasteiger partial charge in [-0.2, -0.15) is 0 Å². The second-order valence-corrected chi connectivity index (χ2v) is 5.60. The maximum atomic E-state index is 6.10. The molecule has 0 fully saturated rings. The summed E-state index contributed by atoms with van der Waals surface area (Å²) in [5, 5.41) is 1.29. The molecule has 6 heteroatoms. The van der Waals surface area contributed by atoms with E-state index in [4.69, 9.17) is 26.8 Å². The highest BCUT2D eigenvalue weighted by molar-refractivity contribution is 8.13. The molecule has 0 atom stereocenters. The van der Waals surface area contributed by atoms with Crippen molar-refractivity contribution >= 4 is 28.5 Å². The molecule has 0 bridgehead atoms. The zero-order valence-electron chi connectivity index (χ0n) is 10.8. The number of hydrogen-bond donors (Lipinski definition) is 1. The van der Waals surface area contributed by atoms with Gasteiger partial charge in [0.2, 0.25) is 0 Å². The summed E-state index contributed by atoms with van der Waals surface area (Å²) < 4.78 is 10.8. The quantitative estimate of drug-likeness (QED) is 0.685. The Balaban J connectivity index is 2.09. The van der Waals surface area contributed by atoms with Crippen molar-refractivity contribution in [2.24, 2.45) is 10.7 Å². The molecule has 104 valence electrons. The minimum atomic E-state index is 0.283. The molecule has 4 nitrogen and oxygen atoms in total. The standard InChI is InChI=1S/C13H17ClN2O2S/c1-2-3-16-13(15)19-7-10-5-11(14)4-9-6-17-8-18-12(9)10/h4-5H,2-3,6-8H2,1H3,(H2,15,16). The van der Waals surface area contributed by atoms with Crippen molar-refractivity contribution in [3.63, 3.8) is 0 Å². The number of halogens is 1. The molecule has 1 aliphatic rings. The van der Waals surface area contributed by atoms with Gasteiger partial charge in [-0.1, -0.05) is 30.3 Å². The van der Waals surface area contributed by atoms with Crippen LogP contribution in [-0.2, 0) is 17.1 Å². The third-order valence-corrected chi connectivity index (χ3v) is 3.72. The molecule has 1 aromatic carbocycles. The van der Waals surface area contributed by atoms with Crippen LogP contribution in [0.25, 0.3) is 0 Å². The van der Waals surface area contributed by atoms with Crippen LogP contribution in [0.5, 0.6) is 5.75 Å². The fourth-order valence-electron chi connectivity index (χ4n) is 1.78. The molecule has 2 N–H and O–H groups in total. The van der Waals surface area contributed by atoms with E-state index in [2.05, 4.69) is 11.9 Å². The Morgan fingerprint density at radius 2 is 2.37 bits per heavy atom. The van der Waals surface area contributed by atoms with E-state index in [1.165, 1.54) is 11.8 Å². The number of amidine groups is 1. The van der Waals surface area contributed by atoms with E-state index >= 15 is 0 Å². The summed E-state index contributed by atoms with van der Waals surface area (Å²) in [5.41, 5.74) is 7.85. The number of nitrogens with zero attached hydrogens (tertiary/aromatic N) is 1. The highest BCUT2D eigenvalue weighted by Gasteiger charge is 2.16. The molecule has 1 heterocycles. The van der Waals surface area contributed by atoms with Crippen LogP contribution in [0.3, 0.4) is 0 Å². The Kier molecular flexibility index (Phi) is 5.36. The Morgan fingerprint density at radius 1 is 1.53 bits per heavy atom.